The Kier molecular flexibility index (Phi) is 6.33. The normalized spacial score (nSPS) is 18.3. The molecule has 2 saturated heterocycles. The predicted octanol–water partition coefficient (Wildman–Crippen LogP) is 0.667. The summed E-state index contributed by atoms with van der Waals surface area (Å²) in [4.78, 5) is 36.6. The van der Waals surface area contributed by atoms with E-state index < -0.39 is 28.5 Å². The van der Waals surface area contributed by atoms with Crippen LogP contribution in [0.2, 0.25) is 5.02 Å². The Morgan fingerprint density at radius 3 is 2.54 bits per heavy atom. The number of rotatable bonds is 5. The van der Waals surface area contributed by atoms with Gasteiger partial charge in [0.15, 0.2) is 6.61 Å². The Bertz CT molecular complexity index is 897. The van der Waals surface area contributed by atoms with E-state index in [2.05, 4.69) is 0 Å². The summed E-state index contributed by atoms with van der Waals surface area (Å²) in [6.07, 6.45) is 0.873. The topological polar surface area (TPSA) is 110 Å². The molecule has 0 radical (unpaired) electrons. The Morgan fingerprint density at radius 2 is 1.89 bits per heavy atom. The lowest BCUT2D eigenvalue weighted by molar-refractivity contribution is -0.143. The van der Waals surface area contributed by atoms with E-state index >= 15 is 0 Å². The van der Waals surface area contributed by atoms with E-state index in [0.29, 0.717) is 19.4 Å². The monoisotopic (exact) mass is 430 g/mol. The highest BCUT2D eigenvalue weighted by atomic mass is 35.5. The molecule has 0 unspecified atom stereocenters. The maximum Gasteiger partial charge on any atom is 0.338 e. The zero-order valence-electron chi connectivity index (χ0n) is 14.9. The van der Waals surface area contributed by atoms with Gasteiger partial charge in [-0.3, -0.25) is 14.5 Å². The summed E-state index contributed by atoms with van der Waals surface area (Å²) in [5.74, 6) is -1.78. The average molecular weight is 431 g/mol. The lowest BCUT2D eigenvalue weighted by atomic mass is 10.2. The van der Waals surface area contributed by atoms with E-state index in [1.807, 2.05) is 0 Å². The minimum absolute atomic E-state index is 0.0261. The number of morpholine rings is 1. The number of benzene rings is 1. The maximum absolute atomic E-state index is 12.8. The van der Waals surface area contributed by atoms with Gasteiger partial charge in [0.1, 0.15) is 4.90 Å². The van der Waals surface area contributed by atoms with E-state index in [4.69, 9.17) is 21.1 Å². The van der Waals surface area contributed by atoms with Crippen LogP contribution in [0.1, 0.15) is 23.2 Å². The lowest BCUT2D eigenvalue weighted by Crippen LogP contribution is -2.40. The first kappa shape index (κ1) is 20.7. The van der Waals surface area contributed by atoms with Crippen molar-refractivity contribution in [3.05, 3.63) is 28.8 Å². The number of sulfonamides is 1. The maximum atomic E-state index is 12.8. The third-order valence-electron chi connectivity index (χ3n) is 4.46. The second kappa shape index (κ2) is 8.56. The zero-order chi connectivity index (χ0) is 20.3. The summed E-state index contributed by atoms with van der Waals surface area (Å²) in [7, 11) is -3.91. The molecule has 0 N–H and O–H groups in total. The highest BCUT2D eigenvalue weighted by molar-refractivity contribution is 7.89. The number of carbonyl (C=O) groups excluding carboxylic acids is 3. The second-order valence-corrected chi connectivity index (χ2v) is 8.59. The van der Waals surface area contributed by atoms with Crippen LogP contribution in [0, 0.1) is 0 Å². The van der Waals surface area contributed by atoms with E-state index in [1.54, 1.807) is 0 Å². The fourth-order valence-electron chi connectivity index (χ4n) is 2.95. The fraction of sp³-hybridized carbons (Fsp3) is 0.471. The third-order valence-corrected chi connectivity index (χ3v) is 6.84. The number of likely N-dealkylation sites (tertiary alicyclic amines) is 1. The molecule has 3 rings (SSSR count). The van der Waals surface area contributed by atoms with Crippen molar-refractivity contribution in [2.75, 3.05) is 39.5 Å². The van der Waals surface area contributed by atoms with Crippen LogP contribution in [0.5, 0.6) is 0 Å². The van der Waals surface area contributed by atoms with Crippen molar-refractivity contribution in [2.45, 2.75) is 17.7 Å². The van der Waals surface area contributed by atoms with Gasteiger partial charge < -0.3 is 9.47 Å². The molecule has 2 fully saturated rings. The quantitative estimate of drug-likeness (QED) is 0.631. The Labute approximate surface area is 167 Å². The number of imide groups is 1. The molecule has 2 aliphatic rings. The van der Waals surface area contributed by atoms with Crippen LogP contribution in [0.15, 0.2) is 23.1 Å². The zero-order valence-corrected chi connectivity index (χ0v) is 16.5. The second-order valence-electron chi connectivity index (χ2n) is 6.28. The molecule has 2 heterocycles. The first-order chi connectivity index (χ1) is 13.3. The summed E-state index contributed by atoms with van der Waals surface area (Å²) < 4.78 is 36.9. The lowest BCUT2D eigenvalue weighted by Gasteiger charge is -2.26. The molecule has 0 aliphatic carbocycles. The van der Waals surface area contributed by atoms with E-state index in [1.165, 1.54) is 16.4 Å². The fourth-order valence-corrected chi connectivity index (χ4v) is 4.86. The molecule has 0 bridgehead atoms. The molecule has 11 heteroatoms. The summed E-state index contributed by atoms with van der Waals surface area (Å²) in [5, 5.41) is -0.0261. The number of ether oxygens (including phenoxy) is 2. The molecule has 152 valence electrons. The number of hydrogen-bond donors (Lipinski definition) is 0. The van der Waals surface area contributed by atoms with Crippen LogP contribution in [-0.2, 0) is 29.1 Å². The number of carbonyl (C=O) groups is 3. The SMILES string of the molecule is O=C(OCC(=O)N1CCCC1=O)c1ccc(Cl)c(S(=O)(=O)N2CCOCC2)c1. The number of nitrogens with zero attached hydrogens (tertiary/aromatic N) is 2. The van der Waals surface area contributed by atoms with Gasteiger partial charge in [0.2, 0.25) is 15.9 Å². The van der Waals surface area contributed by atoms with Gasteiger partial charge in [-0.15, -0.1) is 0 Å². The van der Waals surface area contributed by atoms with Crippen molar-refractivity contribution < 1.29 is 32.3 Å². The number of hydrogen-bond acceptors (Lipinski definition) is 7. The summed E-state index contributed by atoms with van der Waals surface area (Å²) in [6.45, 7) is 0.625. The third kappa shape index (κ3) is 4.35. The molecule has 1 aromatic rings. The number of amides is 2. The van der Waals surface area contributed by atoms with Gasteiger partial charge in [-0.2, -0.15) is 4.31 Å². The van der Waals surface area contributed by atoms with E-state index in [-0.39, 0.29) is 47.7 Å². The van der Waals surface area contributed by atoms with Crippen LogP contribution < -0.4 is 0 Å². The summed E-state index contributed by atoms with van der Waals surface area (Å²) in [6, 6.07) is 3.73. The molecule has 1 aromatic carbocycles. The van der Waals surface area contributed by atoms with Gasteiger partial charge in [0.05, 0.1) is 23.8 Å². The van der Waals surface area contributed by atoms with Crippen LogP contribution in [0.4, 0.5) is 0 Å². The van der Waals surface area contributed by atoms with Crippen molar-refractivity contribution >= 4 is 39.4 Å². The number of halogens is 1. The predicted molar refractivity (Wildman–Crippen MR) is 97.3 cm³/mol. The Morgan fingerprint density at radius 1 is 1.18 bits per heavy atom. The standard InChI is InChI=1S/C17H19ClN2O7S/c18-13-4-3-12(10-14(13)28(24,25)19-6-8-26-9-7-19)17(23)27-11-16(22)20-5-1-2-15(20)21/h3-4,10H,1-2,5-9,11H2. The molecule has 0 atom stereocenters. The molecular weight excluding hydrogens is 412 g/mol. The van der Waals surface area contributed by atoms with Crippen molar-refractivity contribution in [3.8, 4) is 0 Å². The summed E-state index contributed by atoms with van der Waals surface area (Å²) >= 11 is 6.05. The smallest absolute Gasteiger partial charge is 0.338 e. The van der Waals surface area contributed by atoms with Crippen molar-refractivity contribution in [3.63, 3.8) is 0 Å². The molecule has 2 amide bonds. The molecule has 2 aliphatic heterocycles. The molecular formula is C17H19ClN2O7S. The van der Waals surface area contributed by atoms with Gasteiger partial charge >= 0.3 is 5.97 Å². The Hall–Kier alpha value is -2.01. The van der Waals surface area contributed by atoms with E-state index in [9.17, 15) is 22.8 Å². The van der Waals surface area contributed by atoms with E-state index in [0.717, 1.165) is 11.0 Å². The molecule has 0 spiro atoms. The van der Waals surface area contributed by atoms with Crippen LogP contribution in [-0.4, -0.2) is 74.9 Å². The van der Waals surface area contributed by atoms with Gasteiger partial charge in [-0.1, -0.05) is 11.6 Å². The van der Waals surface area contributed by atoms with Gasteiger partial charge in [0, 0.05) is 26.1 Å². The highest BCUT2D eigenvalue weighted by Crippen LogP contribution is 2.27. The molecule has 0 aromatic heterocycles. The molecule has 9 nitrogen and oxygen atoms in total. The van der Waals surface area contributed by atoms with Gasteiger partial charge in [-0.05, 0) is 24.6 Å². The molecule has 0 saturated carbocycles. The minimum atomic E-state index is -3.91. The average Bonchev–Trinajstić information content (AvgIpc) is 3.12. The first-order valence-corrected chi connectivity index (χ1v) is 10.5. The summed E-state index contributed by atoms with van der Waals surface area (Å²) in [5.41, 5.74) is -0.0585. The Balaban J connectivity index is 1.72. The molecule has 28 heavy (non-hydrogen) atoms. The van der Waals surface area contributed by atoms with Gasteiger partial charge in [-0.25, -0.2) is 13.2 Å². The van der Waals surface area contributed by atoms with Gasteiger partial charge in [0.25, 0.3) is 5.91 Å². The van der Waals surface area contributed by atoms with Crippen LogP contribution in [0.3, 0.4) is 0 Å². The van der Waals surface area contributed by atoms with Crippen molar-refractivity contribution in [1.29, 1.82) is 0 Å². The van der Waals surface area contributed by atoms with Crippen LogP contribution >= 0.6 is 11.6 Å². The van der Waals surface area contributed by atoms with Crippen molar-refractivity contribution in [2.24, 2.45) is 0 Å². The minimum Gasteiger partial charge on any atom is -0.452 e. The largest absolute Gasteiger partial charge is 0.452 e. The highest BCUT2D eigenvalue weighted by Gasteiger charge is 2.30. The number of esters is 1. The van der Waals surface area contributed by atoms with Crippen molar-refractivity contribution in [1.82, 2.24) is 9.21 Å². The van der Waals surface area contributed by atoms with Crippen LogP contribution in [0.25, 0.3) is 0 Å². The first-order valence-electron chi connectivity index (χ1n) is 8.68.